The van der Waals surface area contributed by atoms with Gasteiger partial charge >= 0.3 is 0 Å². The van der Waals surface area contributed by atoms with Gasteiger partial charge in [-0.15, -0.1) is 0 Å². The Labute approximate surface area is 122 Å². The van der Waals surface area contributed by atoms with Crippen LogP contribution in [-0.4, -0.2) is 23.9 Å². The van der Waals surface area contributed by atoms with Crippen LogP contribution in [0.3, 0.4) is 0 Å². The Bertz CT molecular complexity index is 456. The average molecular weight is 273 g/mol. The number of likely N-dealkylation sites (N-methyl/N-ethyl adjacent to an activating group) is 1. The predicted octanol–water partition coefficient (Wildman–Crippen LogP) is 3.63. The fraction of sp³-hybridized carbons (Fsp3) is 0.833. The first kappa shape index (κ1) is 12.9. The lowest BCUT2D eigenvalue weighted by molar-refractivity contribution is -0.136. The van der Waals surface area contributed by atoms with Crippen LogP contribution in [-0.2, 0) is 4.79 Å². The molecule has 0 saturated heterocycles. The summed E-state index contributed by atoms with van der Waals surface area (Å²) in [6.07, 6.45) is 14.0. The highest BCUT2D eigenvalue weighted by Crippen LogP contribution is 2.59. The lowest BCUT2D eigenvalue weighted by atomic mass is 9.51. The quantitative estimate of drug-likeness (QED) is 0.660. The summed E-state index contributed by atoms with van der Waals surface area (Å²) in [7, 11) is 2.01. The van der Waals surface area contributed by atoms with E-state index in [-0.39, 0.29) is 11.3 Å². The number of fused-ring (bicyclic) bond motifs is 5. The summed E-state index contributed by atoms with van der Waals surface area (Å²) in [5.41, 5.74) is 0.235. The van der Waals surface area contributed by atoms with E-state index in [0.717, 1.165) is 23.7 Å². The minimum Gasteiger partial charge on any atom is -0.338 e. The van der Waals surface area contributed by atoms with Gasteiger partial charge in [-0.3, -0.25) is 4.79 Å². The molecule has 2 heteroatoms. The van der Waals surface area contributed by atoms with Crippen LogP contribution in [0.15, 0.2) is 12.2 Å². The Kier molecular flexibility index (Phi) is 2.81. The predicted molar refractivity (Wildman–Crippen MR) is 80.1 cm³/mol. The third kappa shape index (κ3) is 1.60. The van der Waals surface area contributed by atoms with Gasteiger partial charge in [0.2, 0.25) is 5.91 Å². The Morgan fingerprint density at radius 2 is 1.95 bits per heavy atom. The third-order valence-corrected chi connectivity index (χ3v) is 7.32. The van der Waals surface area contributed by atoms with Crippen LogP contribution in [0.25, 0.3) is 0 Å². The molecule has 6 unspecified atom stereocenters. The van der Waals surface area contributed by atoms with Crippen molar-refractivity contribution in [3.05, 3.63) is 12.2 Å². The van der Waals surface area contributed by atoms with Crippen LogP contribution >= 0.6 is 0 Å². The molecule has 2 nitrogen and oxygen atoms in total. The molecular formula is C18H27NO. The largest absolute Gasteiger partial charge is 0.338 e. The van der Waals surface area contributed by atoms with Crippen molar-refractivity contribution in [3.8, 4) is 0 Å². The monoisotopic (exact) mass is 273 g/mol. The topological polar surface area (TPSA) is 20.3 Å². The minimum atomic E-state index is 0.209. The van der Waals surface area contributed by atoms with Crippen molar-refractivity contribution in [2.24, 2.45) is 29.1 Å². The molecule has 1 heterocycles. The van der Waals surface area contributed by atoms with Crippen molar-refractivity contribution in [3.63, 3.8) is 0 Å². The summed E-state index contributed by atoms with van der Waals surface area (Å²) >= 11 is 0. The minimum absolute atomic E-state index is 0.209. The maximum Gasteiger partial charge on any atom is 0.246 e. The molecule has 4 rings (SSSR count). The second-order valence-corrected chi connectivity index (χ2v) is 7.94. The highest BCUT2D eigenvalue weighted by atomic mass is 16.2. The summed E-state index contributed by atoms with van der Waals surface area (Å²) in [6, 6.07) is 0.444. The van der Waals surface area contributed by atoms with Gasteiger partial charge in [0.05, 0.1) is 0 Å². The van der Waals surface area contributed by atoms with Gasteiger partial charge in [-0.2, -0.15) is 0 Å². The molecule has 0 aromatic carbocycles. The van der Waals surface area contributed by atoms with Crippen LogP contribution in [0, 0.1) is 29.1 Å². The van der Waals surface area contributed by atoms with E-state index in [1.165, 1.54) is 44.9 Å². The number of hydrogen-bond donors (Lipinski definition) is 0. The number of hydrogen-bond acceptors (Lipinski definition) is 1. The number of carbonyl (C=O) groups is 1. The zero-order valence-corrected chi connectivity index (χ0v) is 12.8. The van der Waals surface area contributed by atoms with Crippen LogP contribution in [0.5, 0.6) is 0 Å². The molecule has 110 valence electrons. The summed E-state index contributed by atoms with van der Waals surface area (Å²) in [6.45, 7) is 2.43. The van der Waals surface area contributed by atoms with Gasteiger partial charge in [0.1, 0.15) is 0 Å². The maximum absolute atomic E-state index is 12.0. The zero-order valence-electron chi connectivity index (χ0n) is 12.8. The second kappa shape index (κ2) is 4.35. The normalized spacial score (nSPS) is 50.6. The smallest absolute Gasteiger partial charge is 0.246 e. The van der Waals surface area contributed by atoms with Crippen molar-refractivity contribution in [1.29, 1.82) is 0 Å². The van der Waals surface area contributed by atoms with Gasteiger partial charge in [0, 0.05) is 18.5 Å². The third-order valence-electron chi connectivity index (χ3n) is 7.32. The molecule has 0 N–H and O–H groups in total. The van der Waals surface area contributed by atoms with Crippen molar-refractivity contribution < 1.29 is 4.79 Å². The van der Waals surface area contributed by atoms with Crippen molar-refractivity contribution >= 4 is 5.91 Å². The van der Waals surface area contributed by atoms with Crippen molar-refractivity contribution in [2.45, 2.75) is 57.9 Å². The van der Waals surface area contributed by atoms with Crippen LogP contribution < -0.4 is 0 Å². The lowest BCUT2D eigenvalue weighted by Crippen LogP contribution is -2.58. The van der Waals surface area contributed by atoms with E-state index in [9.17, 15) is 4.79 Å². The maximum atomic E-state index is 12.0. The summed E-state index contributed by atoms with van der Waals surface area (Å²) in [5.74, 6) is 3.99. The second-order valence-electron chi connectivity index (χ2n) is 7.94. The fourth-order valence-corrected chi connectivity index (χ4v) is 6.36. The molecule has 6 atom stereocenters. The summed E-state index contributed by atoms with van der Waals surface area (Å²) in [4.78, 5) is 14.0. The number of nitrogens with zero attached hydrogens (tertiary/aromatic N) is 1. The molecular weight excluding hydrogens is 246 g/mol. The van der Waals surface area contributed by atoms with Gasteiger partial charge in [-0.1, -0.05) is 25.8 Å². The highest BCUT2D eigenvalue weighted by Gasteiger charge is 2.55. The van der Waals surface area contributed by atoms with Gasteiger partial charge in [-0.05, 0) is 61.9 Å². The Morgan fingerprint density at radius 3 is 2.80 bits per heavy atom. The Morgan fingerprint density at radius 1 is 1.10 bits per heavy atom. The van der Waals surface area contributed by atoms with Gasteiger partial charge in [0.25, 0.3) is 0 Å². The first-order valence-corrected chi connectivity index (χ1v) is 8.57. The average Bonchev–Trinajstić information content (AvgIpc) is 2.92. The van der Waals surface area contributed by atoms with E-state index in [0.29, 0.717) is 6.04 Å². The van der Waals surface area contributed by atoms with E-state index in [4.69, 9.17) is 0 Å². The number of carbonyl (C=O) groups excluding carboxylic acids is 1. The van der Waals surface area contributed by atoms with Crippen molar-refractivity contribution in [1.82, 2.24) is 4.90 Å². The highest BCUT2D eigenvalue weighted by molar-refractivity contribution is 5.89. The van der Waals surface area contributed by atoms with E-state index < -0.39 is 0 Å². The van der Waals surface area contributed by atoms with E-state index in [1.54, 1.807) is 0 Å². The van der Waals surface area contributed by atoms with Crippen LogP contribution in [0.1, 0.15) is 51.9 Å². The molecule has 3 saturated carbocycles. The number of amides is 1. The molecule has 1 aliphatic heterocycles. The Balaban J connectivity index is 1.69. The molecule has 0 radical (unpaired) electrons. The van der Waals surface area contributed by atoms with E-state index in [1.807, 2.05) is 18.0 Å². The van der Waals surface area contributed by atoms with Gasteiger partial charge < -0.3 is 4.90 Å². The molecule has 0 aromatic rings. The van der Waals surface area contributed by atoms with Crippen molar-refractivity contribution in [2.75, 3.05) is 7.05 Å². The van der Waals surface area contributed by atoms with E-state index in [2.05, 4.69) is 13.0 Å². The van der Waals surface area contributed by atoms with Crippen LogP contribution in [0.2, 0.25) is 0 Å². The summed E-state index contributed by atoms with van der Waals surface area (Å²) < 4.78 is 0. The number of rotatable bonds is 0. The standard InChI is InChI=1S/C18H27NO/c1-18-11-10-17(20)19(2)16(18)9-7-14-13-5-3-4-12(13)6-8-15(14)18/h10-16H,3-9H2,1-2H3. The van der Waals surface area contributed by atoms with Gasteiger partial charge in [-0.25, -0.2) is 0 Å². The molecule has 20 heavy (non-hydrogen) atoms. The first-order valence-electron chi connectivity index (χ1n) is 8.57. The van der Waals surface area contributed by atoms with E-state index >= 15 is 0 Å². The SMILES string of the molecule is CN1C(=O)C=CC2(C)C3CCC4CCCC4C3CCC12. The lowest BCUT2D eigenvalue weighted by Gasteiger charge is -2.58. The van der Waals surface area contributed by atoms with Crippen LogP contribution in [0.4, 0.5) is 0 Å². The molecule has 3 fully saturated rings. The molecule has 0 aromatic heterocycles. The molecule has 0 bridgehead atoms. The van der Waals surface area contributed by atoms with Gasteiger partial charge in [0.15, 0.2) is 0 Å². The fourth-order valence-electron chi connectivity index (χ4n) is 6.36. The first-order chi connectivity index (χ1) is 9.61. The summed E-state index contributed by atoms with van der Waals surface area (Å²) in [5, 5.41) is 0. The molecule has 0 spiro atoms. The molecule has 4 aliphatic rings. The Hall–Kier alpha value is -0.790. The zero-order chi connectivity index (χ0) is 13.9. The molecule has 3 aliphatic carbocycles. The molecule has 1 amide bonds.